The number of likely N-dealkylation sites (tertiary alicyclic amines) is 1. The number of piperidine rings is 1. The first-order valence-corrected chi connectivity index (χ1v) is 11.6. The number of amides is 1. The summed E-state index contributed by atoms with van der Waals surface area (Å²) in [5.74, 6) is -0.432. The molecule has 2 aliphatic heterocycles. The summed E-state index contributed by atoms with van der Waals surface area (Å²) < 4.78 is 45.9. The smallest absolute Gasteiger partial charge is 0.345 e. The van der Waals surface area contributed by atoms with Crippen molar-refractivity contribution >= 4 is 27.8 Å². The third-order valence-electron chi connectivity index (χ3n) is 5.40. The van der Waals surface area contributed by atoms with Gasteiger partial charge in [0.15, 0.2) is 0 Å². The second-order valence-electron chi connectivity index (χ2n) is 7.36. The zero-order valence-electron chi connectivity index (χ0n) is 18.5. The number of likely N-dealkylation sites (N-methyl/N-ethyl adjacent to an activating group) is 1. The summed E-state index contributed by atoms with van der Waals surface area (Å²) >= 11 is 0. The van der Waals surface area contributed by atoms with Crippen LogP contribution in [0.25, 0.3) is 0 Å². The zero-order valence-corrected chi connectivity index (χ0v) is 19.3. The van der Waals surface area contributed by atoms with Crippen LogP contribution < -0.4 is 9.47 Å². The van der Waals surface area contributed by atoms with Crippen LogP contribution in [0.2, 0.25) is 0 Å². The van der Waals surface area contributed by atoms with E-state index in [9.17, 15) is 18.0 Å². The standard InChI is InChI=1S/C21H27N3O7S/c1-5-31-21(26)14-7-6-10-24(13-14)20(25)18-12-17(22-32(27,28)23(18)2)16-11-15(29-3)8-9-19(16)30-4/h8-9,11-12,14H,5-7,10,13H2,1-4H3. The molecule has 32 heavy (non-hydrogen) atoms. The molecule has 0 bridgehead atoms. The highest BCUT2D eigenvalue weighted by atomic mass is 32.2. The summed E-state index contributed by atoms with van der Waals surface area (Å²) in [5, 5.41) is 0. The van der Waals surface area contributed by atoms with Gasteiger partial charge in [0.2, 0.25) is 0 Å². The Labute approximate surface area is 187 Å². The molecule has 2 heterocycles. The van der Waals surface area contributed by atoms with E-state index in [1.807, 2.05) is 0 Å². The predicted octanol–water partition coefficient (Wildman–Crippen LogP) is 1.37. The minimum absolute atomic E-state index is 0.0566. The van der Waals surface area contributed by atoms with Crippen LogP contribution in [0.5, 0.6) is 11.5 Å². The molecule has 3 rings (SSSR count). The Balaban J connectivity index is 1.97. The molecular weight excluding hydrogens is 438 g/mol. The molecule has 0 saturated carbocycles. The number of methoxy groups -OCH3 is 2. The van der Waals surface area contributed by atoms with Gasteiger partial charge in [0.25, 0.3) is 5.91 Å². The highest BCUT2D eigenvalue weighted by molar-refractivity contribution is 7.88. The van der Waals surface area contributed by atoms with E-state index in [-0.39, 0.29) is 30.5 Å². The van der Waals surface area contributed by atoms with Crippen LogP contribution in [0.3, 0.4) is 0 Å². The van der Waals surface area contributed by atoms with E-state index >= 15 is 0 Å². The fourth-order valence-corrected chi connectivity index (χ4v) is 4.57. The zero-order chi connectivity index (χ0) is 23.5. The van der Waals surface area contributed by atoms with Gasteiger partial charge < -0.3 is 19.1 Å². The Hall–Kier alpha value is -3.08. The molecule has 11 heteroatoms. The molecular formula is C21H27N3O7S. The van der Waals surface area contributed by atoms with Gasteiger partial charge in [0.1, 0.15) is 17.2 Å². The topological polar surface area (TPSA) is 115 Å². The number of nitrogens with zero attached hydrogens (tertiary/aromatic N) is 3. The Kier molecular flexibility index (Phi) is 7.07. The largest absolute Gasteiger partial charge is 0.497 e. The van der Waals surface area contributed by atoms with Gasteiger partial charge in [-0.15, -0.1) is 4.40 Å². The molecule has 1 atom stereocenters. The maximum atomic E-state index is 13.3. The van der Waals surface area contributed by atoms with Crippen molar-refractivity contribution in [3.63, 3.8) is 0 Å². The first-order chi connectivity index (χ1) is 15.2. The third kappa shape index (κ3) is 4.72. The molecule has 2 aliphatic rings. The SMILES string of the molecule is CCOC(=O)C1CCCN(C(=O)C2=CC(c3cc(OC)ccc3OC)=NS(=O)(=O)N2C)C1. The molecule has 10 nitrogen and oxygen atoms in total. The van der Waals surface area contributed by atoms with Gasteiger partial charge in [-0.3, -0.25) is 9.59 Å². The summed E-state index contributed by atoms with van der Waals surface area (Å²) in [7, 11) is 0.0544. The van der Waals surface area contributed by atoms with Gasteiger partial charge in [-0.1, -0.05) is 0 Å². The average molecular weight is 466 g/mol. The lowest BCUT2D eigenvalue weighted by Crippen LogP contribution is -2.46. The van der Waals surface area contributed by atoms with Crippen molar-refractivity contribution in [3.05, 3.63) is 35.5 Å². The van der Waals surface area contributed by atoms with Crippen LogP contribution in [-0.2, 0) is 24.5 Å². The molecule has 0 aliphatic carbocycles. The average Bonchev–Trinajstić information content (AvgIpc) is 2.80. The van der Waals surface area contributed by atoms with E-state index < -0.39 is 22.0 Å². The lowest BCUT2D eigenvalue weighted by Gasteiger charge is -2.34. The quantitative estimate of drug-likeness (QED) is 0.583. The number of carbonyl (C=O) groups is 2. The maximum Gasteiger partial charge on any atom is 0.345 e. The second-order valence-corrected chi connectivity index (χ2v) is 8.99. The summed E-state index contributed by atoms with van der Waals surface area (Å²) in [5.41, 5.74) is 0.363. The predicted molar refractivity (Wildman–Crippen MR) is 117 cm³/mol. The minimum atomic E-state index is -4.16. The van der Waals surface area contributed by atoms with Gasteiger partial charge in [-0.25, -0.2) is 4.31 Å². The number of ether oxygens (including phenoxy) is 3. The van der Waals surface area contributed by atoms with E-state index in [0.29, 0.717) is 36.4 Å². The van der Waals surface area contributed by atoms with E-state index in [1.165, 1.54) is 32.2 Å². The van der Waals surface area contributed by atoms with E-state index in [4.69, 9.17) is 14.2 Å². The Morgan fingerprint density at radius 1 is 1.22 bits per heavy atom. The molecule has 0 aromatic heterocycles. The highest BCUT2D eigenvalue weighted by Gasteiger charge is 2.36. The molecule has 0 radical (unpaired) electrons. The van der Waals surface area contributed by atoms with Crippen molar-refractivity contribution in [1.82, 2.24) is 9.21 Å². The molecule has 1 fully saturated rings. The van der Waals surface area contributed by atoms with Crippen molar-refractivity contribution in [1.29, 1.82) is 0 Å². The van der Waals surface area contributed by atoms with Crippen LogP contribution in [0, 0.1) is 5.92 Å². The lowest BCUT2D eigenvalue weighted by molar-refractivity contribution is -0.151. The van der Waals surface area contributed by atoms with E-state index in [0.717, 1.165) is 4.31 Å². The highest BCUT2D eigenvalue weighted by Crippen LogP contribution is 2.30. The van der Waals surface area contributed by atoms with Gasteiger partial charge in [0.05, 0.1) is 32.5 Å². The molecule has 1 amide bonds. The van der Waals surface area contributed by atoms with Crippen molar-refractivity contribution in [2.75, 3.05) is 41.0 Å². The summed E-state index contributed by atoms with van der Waals surface area (Å²) in [6.45, 7) is 2.56. The van der Waals surface area contributed by atoms with Crippen molar-refractivity contribution in [2.24, 2.45) is 10.3 Å². The van der Waals surface area contributed by atoms with Crippen molar-refractivity contribution in [2.45, 2.75) is 19.8 Å². The van der Waals surface area contributed by atoms with Gasteiger partial charge in [-0.2, -0.15) is 8.42 Å². The fraction of sp³-hybridized carbons (Fsp3) is 0.476. The summed E-state index contributed by atoms with van der Waals surface area (Å²) in [4.78, 5) is 27.0. The van der Waals surface area contributed by atoms with Crippen molar-refractivity contribution < 1.29 is 32.2 Å². The number of carbonyl (C=O) groups excluding carboxylic acids is 2. The van der Waals surface area contributed by atoms with E-state index in [2.05, 4.69) is 4.40 Å². The molecule has 1 saturated heterocycles. The number of rotatable bonds is 6. The molecule has 1 aromatic carbocycles. The van der Waals surface area contributed by atoms with Gasteiger partial charge in [0, 0.05) is 25.7 Å². The number of esters is 1. The first-order valence-electron chi connectivity index (χ1n) is 10.2. The van der Waals surface area contributed by atoms with Crippen LogP contribution in [0.1, 0.15) is 25.3 Å². The monoisotopic (exact) mass is 465 g/mol. The third-order valence-corrected chi connectivity index (χ3v) is 6.72. The maximum absolute atomic E-state index is 13.3. The second kappa shape index (κ2) is 9.60. The van der Waals surface area contributed by atoms with Crippen molar-refractivity contribution in [3.8, 4) is 11.5 Å². The van der Waals surface area contributed by atoms with Crippen LogP contribution in [-0.4, -0.2) is 76.2 Å². The minimum Gasteiger partial charge on any atom is -0.497 e. The number of hydrogen-bond acceptors (Lipinski definition) is 7. The Morgan fingerprint density at radius 3 is 2.62 bits per heavy atom. The molecule has 0 N–H and O–H groups in total. The van der Waals surface area contributed by atoms with Crippen LogP contribution >= 0.6 is 0 Å². The summed E-state index contributed by atoms with van der Waals surface area (Å²) in [6, 6.07) is 4.89. The van der Waals surface area contributed by atoms with Crippen LogP contribution in [0.4, 0.5) is 0 Å². The molecule has 1 unspecified atom stereocenters. The Bertz CT molecular complexity index is 1070. The molecule has 0 spiro atoms. The molecule has 174 valence electrons. The Morgan fingerprint density at radius 2 is 1.97 bits per heavy atom. The normalized spacial score (nSPS) is 20.2. The number of benzene rings is 1. The molecule has 1 aromatic rings. The van der Waals surface area contributed by atoms with Crippen LogP contribution in [0.15, 0.2) is 34.4 Å². The number of allylic oxidation sites excluding steroid dienone is 1. The van der Waals surface area contributed by atoms with Gasteiger partial charge in [-0.05, 0) is 44.0 Å². The number of hydrogen-bond donors (Lipinski definition) is 0. The summed E-state index contributed by atoms with van der Waals surface area (Å²) in [6.07, 6.45) is 2.64. The van der Waals surface area contributed by atoms with E-state index in [1.54, 1.807) is 25.1 Å². The fourth-order valence-electron chi connectivity index (χ4n) is 3.67. The lowest BCUT2D eigenvalue weighted by atomic mass is 9.97. The van der Waals surface area contributed by atoms with Gasteiger partial charge >= 0.3 is 16.2 Å². The first kappa shape index (κ1) is 23.6.